The molecule has 0 radical (unpaired) electrons. The number of nitrogens with zero attached hydrogens (tertiary/aromatic N) is 3. The van der Waals surface area contributed by atoms with E-state index in [0.29, 0.717) is 24.3 Å². The highest BCUT2D eigenvalue weighted by Crippen LogP contribution is 2.53. The van der Waals surface area contributed by atoms with Crippen molar-refractivity contribution in [3.05, 3.63) is 75.8 Å². The fourth-order valence-electron chi connectivity index (χ4n) is 7.15. The molecule has 4 aliphatic rings. The van der Waals surface area contributed by atoms with E-state index in [2.05, 4.69) is 54.4 Å². The minimum absolute atomic E-state index is 0.163. The number of likely N-dealkylation sites (tertiary alicyclic amines) is 1. The van der Waals surface area contributed by atoms with E-state index in [-0.39, 0.29) is 17.4 Å². The molecule has 0 spiro atoms. The largest absolute Gasteiger partial charge is 0.361 e. The average molecular weight is 519 g/mol. The molecule has 2 aromatic carbocycles. The molecular formula is C33H34N4O2. The van der Waals surface area contributed by atoms with Gasteiger partial charge in [0.2, 0.25) is 5.91 Å². The first kappa shape index (κ1) is 23.2. The van der Waals surface area contributed by atoms with Crippen molar-refractivity contribution in [2.75, 3.05) is 13.1 Å². The Morgan fingerprint density at radius 3 is 2.74 bits per heavy atom. The van der Waals surface area contributed by atoms with Gasteiger partial charge in [-0.15, -0.1) is 0 Å². The van der Waals surface area contributed by atoms with Crippen molar-refractivity contribution in [2.24, 2.45) is 17.8 Å². The third kappa shape index (κ3) is 3.95. The minimum atomic E-state index is 0.163. The summed E-state index contributed by atoms with van der Waals surface area (Å²) < 4.78 is 1.98. The van der Waals surface area contributed by atoms with Crippen LogP contribution in [0.2, 0.25) is 0 Å². The molecular weight excluding hydrogens is 484 g/mol. The summed E-state index contributed by atoms with van der Waals surface area (Å²) in [5.74, 6) is 2.72. The van der Waals surface area contributed by atoms with Crippen LogP contribution in [0.3, 0.4) is 0 Å². The van der Waals surface area contributed by atoms with Gasteiger partial charge in [-0.2, -0.15) is 0 Å². The number of amides is 1. The topological polar surface area (TPSA) is 71.0 Å². The molecule has 198 valence electrons. The predicted octanol–water partition coefficient (Wildman–Crippen LogP) is 5.68. The van der Waals surface area contributed by atoms with Crippen LogP contribution in [-0.4, -0.2) is 38.4 Å². The molecule has 2 unspecified atom stereocenters. The van der Waals surface area contributed by atoms with Crippen molar-refractivity contribution < 1.29 is 4.79 Å². The predicted molar refractivity (Wildman–Crippen MR) is 153 cm³/mol. The van der Waals surface area contributed by atoms with Crippen LogP contribution >= 0.6 is 0 Å². The van der Waals surface area contributed by atoms with Crippen LogP contribution in [0.5, 0.6) is 0 Å². The lowest BCUT2D eigenvalue weighted by atomic mass is 9.95. The number of fused-ring (bicyclic) bond motifs is 4. The molecule has 1 N–H and O–H groups in total. The zero-order valence-electron chi connectivity index (χ0n) is 22.5. The normalized spacial score (nSPS) is 23.6. The van der Waals surface area contributed by atoms with Gasteiger partial charge in [0.1, 0.15) is 5.82 Å². The summed E-state index contributed by atoms with van der Waals surface area (Å²) in [5, 5.41) is 1.20. The molecule has 3 aliphatic carbocycles. The Morgan fingerprint density at radius 2 is 1.90 bits per heavy atom. The highest BCUT2D eigenvalue weighted by Gasteiger charge is 2.45. The minimum Gasteiger partial charge on any atom is -0.361 e. The molecule has 0 bridgehead atoms. The Kier molecular flexibility index (Phi) is 5.16. The molecule has 8 rings (SSSR count). The van der Waals surface area contributed by atoms with E-state index in [9.17, 15) is 9.59 Å². The lowest BCUT2D eigenvalue weighted by molar-refractivity contribution is -0.131. The Bertz CT molecular complexity index is 1690. The van der Waals surface area contributed by atoms with Crippen LogP contribution in [0.1, 0.15) is 54.8 Å². The summed E-state index contributed by atoms with van der Waals surface area (Å²) >= 11 is 0. The van der Waals surface area contributed by atoms with E-state index in [1.165, 1.54) is 10.9 Å². The molecule has 3 fully saturated rings. The van der Waals surface area contributed by atoms with Gasteiger partial charge in [0.15, 0.2) is 0 Å². The van der Waals surface area contributed by atoms with E-state index in [1.54, 1.807) is 0 Å². The van der Waals surface area contributed by atoms with Crippen molar-refractivity contribution in [1.29, 1.82) is 0 Å². The Labute approximate surface area is 228 Å². The van der Waals surface area contributed by atoms with Gasteiger partial charge in [0, 0.05) is 48.4 Å². The standard InChI is InChI=1S/C33H34N4O2/c1-19-14-22(23-5-8-28-25(15-23)10-12-34-28)4-7-26(19)31-35-29-9-6-24-16-27(24)30(29)33(39)37(31)18-20-11-13-36(17-20)32(38)21-2-3-21/h4-5,7-8,10,12,14-15,20-21,24,27,34H,2-3,6,9,11,13,16-18H2,1H3/t20-,24?,27?/m1/s1. The molecule has 39 heavy (non-hydrogen) atoms. The molecule has 2 saturated carbocycles. The highest BCUT2D eigenvalue weighted by atomic mass is 16.2. The van der Waals surface area contributed by atoms with E-state index >= 15 is 0 Å². The first-order valence-corrected chi connectivity index (χ1v) is 14.6. The van der Waals surface area contributed by atoms with Gasteiger partial charge in [-0.1, -0.05) is 24.3 Å². The molecule has 6 nitrogen and oxygen atoms in total. The molecule has 6 heteroatoms. The Morgan fingerprint density at radius 1 is 1.05 bits per heavy atom. The second-order valence-corrected chi connectivity index (χ2v) is 12.4. The van der Waals surface area contributed by atoms with Gasteiger partial charge in [-0.25, -0.2) is 4.98 Å². The molecule has 1 amide bonds. The van der Waals surface area contributed by atoms with E-state index in [1.807, 2.05) is 15.7 Å². The van der Waals surface area contributed by atoms with Crippen LogP contribution in [-0.2, 0) is 17.8 Å². The van der Waals surface area contributed by atoms with Crippen molar-refractivity contribution in [2.45, 2.75) is 57.9 Å². The zero-order chi connectivity index (χ0) is 26.2. The summed E-state index contributed by atoms with van der Waals surface area (Å²) in [6.07, 6.45) is 8.18. The molecule has 3 atom stereocenters. The number of benzene rings is 2. The molecule has 2 aromatic heterocycles. The maximum Gasteiger partial charge on any atom is 0.257 e. The summed E-state index contributed by atoms with van der Waals surface area (Å²) in [6.45, 7) is 4.33. The SMILES string of the molecule is Cc1cc(-c2ccc3[nH]ccc3c2)ccc1-c1nc2c(c(=O)n1C[C@@H]1CCN(C(=O)C3CC3)C1)C1CC1CC2. The Balaban J connectivity index is 1.17. The average Bonchev–Trinajstić information content (AvgIpc) is 3.85. The smallest absolute Gasteiger partial charge is 0.257 e. The second kappa shape index (κ2) is 8.67. The fourth-order valence-corrected chi connectivity index (χ4v) is 7.15. The van der Waals surface area contributed by atoms with Gasteiger partial charge in [-0.05, 0) is 103 Å². The number of nitrogens with one attached hydrogen (secondary N) is 1. The van der Waals surface area contributed by atoms with Gasteiger partial charge >= 0.3 is 0 Å². The van der Waals surface area contributed by atoms with Crippen LogP contribution < -0.4 is 5.56 Å². The van der Waals surface area contributed by atoms with Gasteiger partial charge < -0.3 is 9.88 Å². The zero-order valence-corrected chi connectivity index (χ0v) is 22.5. The van der Waals surface area contributed by atoms with Crippen molar-refractivity contribution in [3.63, 3.8) is 0 Å². The summed E-state index contributed by atoms with van der Waals surface area (Å²) in [4.78, 5) is 37.3. The van der Waals surface area contributed by atoms with Crippen molar-refractivity contribution in [1.82, 2.24) is 19.4 Å². The molecule has 1 aliphatic heterocycles. The molecule has 3 heterocycles. The van der Waals surface area contributed by atoms with Gasteiger partial charge in [-0.3, -0.25) is 14.2 Å². The number of carbonyl (C=O) groups is 1. The fraction of sp³-hybridized carbons (Fsp3) is 0.424. The third-order valence-electron chi connectivity index (χ3n) is 9.65. The maximum atomic E-state index is 14.1. The number of H-pyrrole nitrogens is 1. The molecule has 1 saturated heterocycles. The van der Waals surface area contributed by atoms with Crippen LogP contribution in [0.4, 0.5) is 0 Å². The number of hydrogen-bond acceptors (Lipinski definition) is 3. The Hall–Kier alpha value is -3.67. The first-order valence-electron chi connectivity index (χ1n) is 14.6. The lowest BCUT2D eigenvalue weighted by Gasteiger charge is -2.23. The highest BCUT2D eigenvalue weighted by molar-refractivity contribution is 5.85. The van der Waals surface area contributed by atoms with Crippen LogP contribution in [0.25, 0.3) is 33.4 Å². The van der Waals surface area contributed by atoms with Crippen LogP contribution in [0, 0.1) is 24.7 Å². The number of aromatic nitrogens is 3. The summed E-state index contributed by atoms with van der Waals surface area (Å²) in [6, 6.07) is 15.1. The summed E-state index contributed by atoms with van der Waals surface area (Å²) in [7, 11) is 0. The van der Waals surface area contributed by atoms with Gasteiger partial charge in [0.05, 0.1) is 5.69 Å². The van der Waals surface area contributed by atoms with Gasteiger partial charge in [0.25, 0.3) is 5.56 Å². The number of aromatic amines is 1. The van der Waals surface area contributed by atoms with Crippen LogP contribution in [0.15, 0.2) is 53.5 Å². The summed E-state index contributed by atoms with van der Waals surface area (Å²) in [5.41, 5.74) is 7.79. The van der Waals surface area contributed by atoms with Crippen molar-refractivity contribution >= 4 is 16.8 Å². The quantitative estimate of drug-likeness (QED) is 0.370. The monoisotopic (exact) mass is 518 g/mol. The lowest BCUT2D eigenvalue weighted by Crippen LogP contribution is -2.34. The van der Waals surface area contributed by atoms with E-state index < -0.39 is 0 Å². The van der Waals surface area contributed by atoms with E-state index in [0.717, 1.165) is 90.9 Å². The molecule has 4 aromatic rings. The number of hydrogen-bond donors (Lipinski definition) is 1. The number of aryl methyl sites for hydroxylation is 2. The second-order valence-electron chi connectivity index (χ2n) is 12.4. The third-order valence-corrected chi connectivity index (χ3v) is 9.65. The maximum absolute atomic E-state index is 14.1. The number of rotatable bonds is 5. The first-order chi connectivity index (χ1) is 19.0. The van der Waals surface area contributed by atoms with E-state index in [4.69, 9.17) is 4.98 Å². The number of carbonyl (C=O) groups excluding carboxylic acids is 1. The van der Waals surface area contributed by atoms with Crippen molar-refractivity contribution in [3.8, 4) is 22.5 Å².